The molecule has 0 aromatic heterocycles. The SMILES string of the molecule is Fc1cccc(CN2CCCC(Cl)C2)c1Cl. The van der Waals surface area contributed by atoms with E-state index in [0.29, 0.717) is 6.54 Å². The molecule has 1 aromatic rings. The molecule has 1 fully saturated rings. The minimum absolute atomic E-state index is 0.209. The fraction of sp³-hybridized carbons (Fsp3) is 0.500. The molecule has 2 rings (SSSR count). The quantitative estimate of drug-likeness (QED) is 0.735. The average molecular weight is 262 g/mol. The van der Waals surface area contributed by atoms with Crippen molar-refractivity contribution < 1.29 is 4.39 Å². The lowest BCUT2D eigenvalue weighted by atomic mass is 10.1. The van der Waals surface area contributed by atoms with Crippen LogP contribution in [0.15, 0.2) is 18.2 Å². The maximum atomic E-state index is 13.2. The van der Waals surface area contributed by atoms with E-state index in [1.165, 1.54) is 6.07 Å². The van der Waals surface area contributed by atoms with Gasteiger partial charge in [0.25, 0.3) is 0 Å². The molecule has 1 aliphatic rings. The highest BCUT2D eigenvalue weighted by atomic mass is 35.5. The Labute approximate surface area is 105 Å². The van der Waals surface area contributed by atoms with Crippen LogP contribution >= 0.6 is 23.2 Å². The first-order valence-electron chi connectivity index (χ1n) is 5.46. The van der Waals surface area contributed by atoms with Crippen molar-refractivity contribution in [1.82, 2.24) is 4.90 Å². The van der Waals surface area contributed by atoms with Crippen molar-refractivity contribution >= 4 is 23.2 Å². The molecule has 1 unspecified atom stereocenters. The molecule has 1 aromatic carbocycles. The van der Waals surface area contributed by atoms with Crippen molar-refractivity contribution in [1.29, 1.82) is 0 Å². The van der Waals surface area contributed by atoms with Gasteiger partial charge in [-0.2, -0.15) is 0 Å². The van der Waals surface area contributed by atoms with Crippen LogP contribution in [0.1, 0.15) is 18.4 Å². The summed E-state index contributed by atoms with van der Waals surface area (Å²) >= 11 is 12.0. The minimum Gasteiger partial charge on any atom is -0.298 e. The average Bonchev–Trinajstić information content (AvgIpc) is 2.25. The van der Waals surface area contributed by atoms with Gasteiger partial charge in [-0.25, -0.2) is 4.39 Å². The summed E-state index contributed by atoms with van der Waals surface area (Å²) in [7, 11) is 0. The molecule has 0 saturated carbocycles. The molecule has 1 aliphatic heterocycles. The lowest BCUT2D eigenvalue weighted by Crippen LogP contribution is -2.35. The van der Waals surface area contributed by atoms with Gasteiger partial charge in [-0.15, -0.1) is 11.6 Å². The Bertz CT molecular complexity index is 370. The van der Waals surface area contributed by atoms with E-state index in [0.717, 1.165) is 31.5 Å². The molecule has 0 radical (unpaired) electrons. The van der Waals surface area contributed by atoms with E-state index in [2.05, 4.69) is 4.90 Å². The van der Waals surface area contributed by atoms with Crippen LogP contribution in [0.4, 0.5) is 4.39 Å². The third-order valence-electron chi connectivity index (χ3n) is 2.87. The first kappa shape index (κ1) is 12.2. The predicted molar refractivity (Wildman–Crippen MR) is 65.6 cm³/mol. The monoisotopic (exact) mass is 261 g/mol. The van der Waals surface area contributed by atoms with Crippen molar-refractivity contribution in [3.05, 3.63) is 34.6 Å². The van der Waals surface area contributed by atoms with E-state index in [1.54, 1.807) is 6.07 Å². The van der Waals surface area contributed by atoms with Crippen LogP contribution in [0, 0.1) is 5.82 Å². The highest BCUT2D eigenvalue weighted by Crippen LogP contribution is 2.23. The number of likely N-dealkylation sites (tertiary alicyclic amines) is 1. The highest BCUT2D eigenvalue weighted by molar-refractivity contribution is 6.31. The molecule has 0 spiro atoms. The van der Waals surface area contributed by atoms with Gasteiger partial charge in [0.2, 0.25) is 0 Å². The van der Waals surface area contributed by atoms with Crippen LogP contribution in [0.5, 0.6) is 0 Å². The lowest BCUT2D eigenvalue weighted by Gasteiger charge is -2.29. The van der Waals surface area contributed by atoms with Crippen LogP contribution in [-0.4, -0.2) is 23.4 Å². The van der Waals surface area contributed by atoms with Gasteiger partial charge in [-0.1, -0.05) is 23.7 Å². The third kappa shape index (κ3) is 2.88. The second kappa shape index (κ2) is 5.35. The molecule has 4 heteroatoms. The number of rotatable bonds is 2. The van der Waals surface area contributed by atoms with E-state index in [4.69, 9.17) is 23.2 Å². The minimum atomic E-state index is -0.349. The molecule has 16 heavy (non-hydrogen) atoms. The van der Waals surface area contributed by atoms with Crippen molar-refractivity contribution in [3.8, 4) is 0 Å². The van der Waals surface area contributed by atoms with E-state index in [9.17, 15) is 4.39 Å². The van der Waals surface area contributed by atoms with Crippen molar-refractivity contribution in [2.24, 2.45) is 0 Å². The zero-order chi connectivity index (χ0) is 11.5. The van der Waals surface area contributed by atoms with Crippen molar-refractivity contribution in [2.75, 3.05) is 13.1 Å². The second-order valence-electron chi connectivity index (χ2n) is 4.19. The third-order valence-corrected chi connectivity index (χ3v) is 3.65. The summed E-state index contributed by atoms with van der Waals surface area (Å²) < 4.78 is 13.2. The first-order valence-corrected chi connectivity index (χ1v) is 6.27. The van der Waals surface area contributed by atoms with Crippen LogP contribution in [0.25, 0.3) is 0 Å². The zero-order valence-corrected chi connectivity index (χ0v) is 10.4. The van der Waals surface area contributed by atoms with Crippen LogP contribution in [0.2, 0.25) is 5.02 Å². The molecular formula is C12H14Cl2FN. The first-order chi connectivity index (χ1) is 7.66. The number of benzene rings is 1. The summed E-state index contributed by atoms with van der Waals surface area (Å²) in [5.41, 5.74) is 0.840. The van der Waals surface area contributed by atoms with Gasteiger partial charge in [0.15, 0.2) is 0 Å². The molecule has 0 bridgehead atoms. The van der Waals surface area contributed by atoms with Gasteiger partial charge < -0.3 is 0 Å². The van der Waals surface area contributed by atoms with Gasteiger partial charge in [0.05, 0.1) is 5.02 Å². The molecule has 0 amide bonds. The summed E-state index contributed by atoms with van der Waals surface area (Å²) in [5, 5.41) is 0.445. The molecular weight excluding hydrogens is 248 g/mol. The normalized spacial score (nSPS) is 22.3. The second-order valence-corrected chi connectivity index (χ2v) is 5.18. The Morgan fingerprint density at radius 3 is 3.00 bits per heavy atom. The number of nitrogens with zero attached hydrogens (tertiary/aromatic N) is 1. The predicted octanol–water partition coefficient (Wildman–Crippen LogP) is 3.68. The maximum absolute atomic E-state index is 13.2. The van der Waals surface area contributed by atoms with E-state index >= 15 is 0 Å². The van der Waals surface area contributed by atoms with Crippen LogP contribution in [-0.2, 0) is 6.54 Å². The van der Waals surface area contributed by atoms with E-state index < -0.39 is 0 Å². The summed E-state index contributed by atoms with van der Waals surface area (Å²) in [4.78, 5) is 2.22. The van der Waals surface area contributed by atoms with Gasteiger partial charge in [-0.05, 0) is 31.0 Å². The van der Waals surface area contributed by atoms with E-state index in [-0.39, 0.29) is 16.2 Å². The number of hydrogen-bond acceptors (Lipinski definition) is 1. The molecule has 1 nitrogen and oxygen atoms in total. The Kier molecular flexibility index (Phi) is 4.06. The van der Waals surface area contributed by atoms with Crippen molar-refractivity contribution in [3.63, 3.8) is 0 Å². The molecule has 1 atom stereocenters. The fourth-order valence-electron chi connectivity index (χ4n) is 2.05. The Hall–Kier alpha value is -0.310. The van der Waals surface area contributed by atoms with Crippen LogP contribution in [0.3, 0.4) is 0 Å². The number of hydrogen-bond donors (Lipinski definition) is 0. The summed E-state index contributed by atoms with van der Waals surface area (Å²) in [5.74, 6) is -0.349. The summed E-state index contributed by atoms with van der Waals surface area (Å²) in [6, 6.07) is 4.94. The van der Waals surface area contributed by atoms with E-state index in [1.807, 2.05) is 6.07 Å². The number of piperidine rings is 1. The van der Waals surface area contributed by atoms with Gasteiger partial charge >= 0.3 is 0 Å². The smallest absolute Gasteiger partial charge is 0.142 e. The van der Waals surface area contributed by atoms with Gasteiger partial charge in [-0.3, -0.25) is 4.90 Å². The Morgan fingerprint density at radius 2 is 2.25 bits per heavy atom. The van der Waals surface area contributed by atoms with Gasteiger partial charge in [0, 0.05) is 18.5 Å². The molecule has 1 saturated heterocycles. The summed E-state index contributed by atoms with van der Waals surface area (Å²) in [6.45, 7) is 2.55. The topological polar surface area (TPSA) is 3.24 Å². The lowest BCUT2D eigenvalue weighted by molar-refractivity contribution is 0.224. The molecule has 0 N–H and O–H groups in total. The Morgan fingerprint density at radius 1 is 1.44 bits per heavy atom. The molecule has 88 valence electrons. The molecule has 0 aliphatic carbocycles. The zero-order valence-electron chi connectivity index (χ0n) is 8.93. The number of halogens is 3. The van der Waals surface area contributed by atoms with Crippen LogP contribution < -0.4 is 0 Å². The van der Waals surface area contributed by atoms with Gasteiger partial charge in [0.1, 0.15) is 5.82 Å². The summed E-state index contributed by atoms with van der Waals surface area (Å²) in [6.07, 6.45) is 2.16. The molecule has 1 heterocycles. The van der Waals surface area contributed by atoms with Crippen molar-refractivity contribution in [2.45, 2.75) is 24.8 Å². The number of alkyl halides is 1. The highest BCUT2D eigenvalue weighted by Gasteiger charge is 2.19. The maximum Gasteiger partial charge on any atom is 0.142 e. The largest absolute Gasteiger partial charge is 0.298 e. The Balaban J connectivity index is 2.05. The fourth-order valence-corrected chi connectivity index (χ4v) is 2.59. The standard InChI is InChI=1S/C12H14Cl2FN/c13-10-4-2-6-16(8-10)7-9-3-1-5-11(15)12(9)14/h1,3,5,10H,2,4,6-8H2.